The molecule has 3 nitrogen and oxygen atoms in total. The summed E-state index contributed by atoms with van der Waals surface area (Å²) in [5, 5.41) is 7.88. The van der Waals surface area contributed by atoms with E-state index in [0.29, 0.717) is 5.54 Å². The van der Waals surface area contributed by atoms with Crippen LogP contribution in [0, 0.1) is 0 Å². The van der Waals surface area contributed by atoms with Gasteiger partial charge in [0.15, 0.2) is 0 Å². The van der Waals surface area contributed by atoms with Crippen molar-refractivity contribution in [2.75, 3.05) is 0 Å². The maximum absolute atomic E-state index is 4.30. The van der Waals surface area contributed by atoms with Crippen molar-refractivity contribution in [2.45, 2.75) is 51.7 Å². The molecule has 1 fully saturated rings. The Labute approximate surface area is 85.5 Å². The van der Waals surface area contributed by atoms with E-state index in [0.717, 1.165) is 19.5 Å². The lowest BCUT2D eigenvalue weighted by Gasteiger charge is -2.12. The highest BCUT2D eigenvalue weighted by Gasteiger charge is 2.36. The first-order valence-corrected chi connectivity index (χ1v) is 5.49. The van der Waals surface area contributed by atoms with Crippen molar-refractivity contribution in [1.82, 2.24) is 15.1 Å². The van der Waals surface area contributed by atoms with Crippen LogP contribution in [0.2, 0.25) is 0 Å². The Bertz CT molecular complexity index is 299. The second-order valence-electron chi connectivity index (χ2n) is 4.46. The summed E-state index contributed by atoms with van der Waals surface area (Å²) in [6.07, 6.45) is 5.66. The maximum atomic E-state index is 4.30. The van der Waals surface area contributed by atoms with Crippen molar-refractivity contribution >= 4 is 0 Å². The van der Waals surface area contributed by atoms with E-state index in [1.165, 1.54) is 18.5 Å². The number of nitrogens with one attached hydrogen (secondary N) is 1. The average molecular weight is 193 g/mol. The SMILES string of the molecule is CCCn1nccc1CNC1(C)CC1. The molecule has 1 aromatic rings. The number of rotatable bonds is 5. The summed E-state index contributed by atoms with van der Waals surface area (Å²) < 4.78 is 2.10. The summed E-state index contributed by atoms with van der Waals surface area (Å²) in [7, 11) is 0. The molecular weight excluding hydrogens is 174 g/mol. The van der Waals surface area contributed by atoms with E-state index in [1.54, 1.807) is 0 Å². The number of hydrogen-bond donors (Lipinski definition) is 1. The van der Waals surface area contributed by atoms with Gasteiger partial charge < -0.3 is 5.32 Å². The van der Waals surface area contributed by atoms with Crippen molar-refractivity contribution in [3.8, 4) is 0 Å². The Balaban J connectivity index is 1.91. The quantitative estimate of drug-likeness (QED) is 0.774. The summed E-state index contributed by atoms with van der Waals surface area (Å²) in [6.45, 7) is 6.45. The van der Waals surface area contributed by atoms with Gasteiger partial charge in [0, 0.05) is 24.8 Å². The molecule has 1 aliphatic rings. The Morgan fingerprint density at radius 2 is 2.36 bits per heavy atom. The molecule has 0 aromatic carbocycles. The molecule has 0 amide bonds. The predicted octanol–water partition coefficient (Wildman–Crippen LogP) is 1.94. The van der Waals surface area contributed by atoms with E-state index in [9.17, 15) is 0 Å². The summed E-state index contributed by atoms with van der Waals surface area (Å²) in [5.41, 5.74) is 1.72. The Kier molecular flexibility index (Phi) is 2.59. The van der Waals surface area contributed by atoms with Crippen LogP contribution in [0.4, 0.5) is 0 Å². The first kappa shape index (κ1) is 9.71. The van der Waals surface area contributed by atoms with Gasteiger partial charge in [-0.25, -0.2) is 0 Å². The van der Waals surface area contributed by atoms with Crippen LogP contribution in [0.25, 0.3) is 0 Å². The van der Waals surface area contributed by atoms with Crippen molar-refractivity contribution < 1.29 is 0 Å². The van der Waals surface area contributed by atoms with Crippen LogP contribution in [0.1, 0.15) is 38.8 Å². The van der Waals surface area contributed by atoms with E-state index in [2.05, 4.69) is 35.0 Å². The smallest absolute Gasteiger partial charge is 0.0522 e. The zero-order valence-corrected chi connectivity index (χ0v) is 9.08. The highest BCUT2D eigenvalue weighted by Crippen LogP contribution is 2.34. The molecule has 78 valence electrons. The van der Waals surface area contributed by atoms with Gasteiger partial charge in [-0.15, -0.1) is 0 Å². The molecule has 0 spiro atoms. The molecule has 14 heavy (non-hydrogen) atoms. The van der Waals surface area contributed by atoms with E-state index >= 15 is 0 Å². The molecule has 0 bridgehead atoms. The molecule has 0 unspecified atom stereocenters. The van der Waals surface area contributed by atoms with Crippen LogP contribution in [-0.4, -0.2) is 15.3 Å². The molecule has 0 atom stereocenters. The normalized spacial score (nSPS) is 18.4. The summed E-state index contributed by atoms with van der Waals surface area (Å²) in [4.78, 5) is 0. The minimum atomic E-state index is 0.418. The molecule has 0 radical (unpaired) electrons. The highest BCUT2D eigenvalue weighted by atomic mass is 15.3. The first-order chi connectivity index (χ1) is 6.73. The van der Waals surface area contributed by atoms with Gasteiger partial charge >= 0.3 is 0 Å². The lowest BCUT2D eigenvalue weighted by atomic mass is 10.3. The molecule has 3 heteroatoms. The zero-order valence-electron chi connectivity index (χ0n) is 9.08. The third-order valence-corrected chi connectivity index (χ3v) is 2.94. The van der Waals surface area contributed by atoms with Gasteiger partial charge in [-0.1, -0.05) is 6.92 Å². The molecule has 1 saturated carbocycles. The van der Waals surface area contributed by atoms with Gasteiger partial charge in [-0.2, -0.15) is 5.10 Å². The van der Waals surface area contributed by atoms with Crippen LogP contribution in [-0.2, 0) is 13.1 Å². The summed E-state index contributed by atoms with van der Waals surface area (Å²) >= 11 is 0. The molecule has 1 aliphatic carbocycles. The minimum Gasteiger partial charge on any atom is -0.306 e. The lowest BCUT2D eigenvalue weighted by molar-refractivity contribution is 0.497. The zero-order chi connectivity index (χ0) is 10.0. The number of nitrogens with zero attached hydrogens (tertiary/aromatic N) is 2. The van der Waals surface area contributed by atoms with Crippen LogP contribution < -0.4 is 5.32 Å². The van der Waals surface area contributed by atoms with Crippen LogP contribution in [0.15, 0.2) is 12.3 Å². The predicted molar refractivity (Wildman–Crippen MR) is 57.0 cm³/mol. The molecule has 1 heterocycles. The number of aromatic nitrogens is 2. The third-order valence-electron chi connectivity index (χ3n) is 2.94. The van der Waals surface area contributed by atoms with Crippen LogP contribution >= 0.6 is 0 Å². The monoisotopic (exact) mass is 193 g/mol. The van der Waals surface area contributed by atoms with Crippen LogP contribution in [0.3, 0.4) is 0 Å². The molecule has 2 rings (SSSR count). The fourth-order valence-corrected chi connectivity index (χ4v) is 1.59. The van der Waals surface area contributed by atoms with E-state index < -0.39 is 0 Å². The Morgan fingerprint density at radius 3 is 3.00 bits per heavy atom. The largest absolute Gasteiger partial charge is 0.306 e. The van der Waals surface area contributed by atoms with Crippen molar-refractivity contribution in [3.63, 3.8) is 0 Å². The molecule has 0 saturated heterocycles. The maximum Gasteiger partial charge on any atom is 0.0522 e. The third kappa shape index (κ3) is 2.15. The van der Waals surface area contributed by atoms with Gasteiger partial charge in [0.25, 0.3) is 0 Å². The molecular formula is C11H19N3. The second-order valence-corrected chi connectivity index (χ2v) is 4.46. The average Bonchev–Trinajstić information content (AvgIpc) is 2.75. The van der Waals surface area contributed by atoms with E-state index in [1.807, 2.05) is 6.20 Å². The summed E-state index contributed by atoms with van der Waals surface area (Å²) in [5.74, 6) is 0. The van der Waals surface area contributed by atoms with E-state index in [-0.39, 0.29) is 0 Å². The number of hydrogen-bond acceptors (Lipinski definition) is 2. The Morgan fingerprint density at radius 1 is 1.57 bits per heavy atom. The second kappa shape index (κ2) is 3.73. The Hall–Kier alpha value is -0.830. The highest BCUT2D eigenvalue weighted by molar-refractivity contribution is 5.04. The minimum absolute atomic E-state index is 0.418. The van der Waals surface area contributed by atoms with Gasteiger partial charge in [-0.05, 0) is 32.3 Å². The lowest BCUT2D eigenvalue weighted by Crippen LogP contribution is -2.28. The first-order valence-electron chi connectivity index (χ1n) is 5.49. The van der Waals surface area contributed by atoms with Gasteiger partial charge in [-0.3, -0.25) is 4.68 Å². The summed E-state index contributed by atoms with van der Waals surface area (Å²) in [6, 6.07) is 2.11. The molecule has 1 N–H and O–H groups in total. The molecule has 1 aromatic heterocycles. The number of aryl methyl sites for hydroxylation is 1. The van der Waals surface area contributed by atoms with Gasteiger partial charge in [0.05, 0.1) is 5.69 Å². The van der Waals surface area contributed by atoms with Gasteiger partial charge in [0.2, 0.25) is 0 Å². The van der Waals surface area contributed by atoms with Crippen molar-refractivity contribution in [2.24, 2.45) is 0 Å². The van der Waals surface area contributed by atoms with Crippen molar-refractivity contribution in [1.29, 1.82) is 0 Å². The fourth-order valence-electron chi connectivity index (χ4n) is 1.59. The van der Waals surface area contributed by atoms with Gasteiger partial charge in [0.1, 0.15) is 0 Å². The topological polar surface area (TPSA) is 29.9 Å². The standard InChI is InChI=1S/C11H19N3/c1-3-8-14-10(4-7-13-14)9-12-11(2)5-6-11/h4,7,12H,3,5-6,8-9H2,1-2H3. The fraction of sp³-hybridized carbons (Fsp3) is 0.727. The van der Waals surface area contributed by atoms with Crippen molar-refractivity contribution in [3.05, 3.63) is 18.0 Å². The van der Waals surface area contributed by atoms with E-state index in [4.69, 9.17) is 0 Å². The van der Waals surface area contributed by atoms with Crippen LogP contribution in [0.5, 0.6) is 0 Å². The molecule has 0 aliphatic heterocycles.